The van der Waals surface area contributed by atoms with Gasteiger partial charge in [0.05, 0.1) is 0 Å². The molecule has 94 valence electrons. The van der Waals surface area contributed by atoms with Gasteiger partial charge in [-0.3, -0.25) is 0 Å². The van der Waals surface area contributed by atoms with E-state index < -0.39 is 0 Å². The zero-order valence-corrected chi connectivity index (χ0v) is 11.0. The fourth-order valence-electron chi connectivity index (χ4n) is 2.34. The van der Waals surface area contributed by atoms with Crippen LogP contribution in [0.4, 0.5) is 5.69 Å². The highest BCUT2D eigenvalue weighted by atomic mass is 15.2. The predicted octanol–water partition coefficient (Wildman–Crippen LogP) is 2.96. The van der Waals surface area contributed by atoms with E-state index in [9.17, 15) is 0 Å². The van der Waals surface area contributed by atoms with Gasteiger partial charge < -0.3 is 10.6 Å². The normalized spacial score (nSPS) is 16.9. The van der Waals surface area contributed by atoms with E-state index in [2.05, 4.69) is 43.0 Å². The summed E-state index contributed by atoms with van der Waals surface area (Å²) in [5.74, 6) is 0. The van der Waals surface area contributed by atoms with Crippen LogP contribution in [0.1, 0.15) is 38.7 Å². The molecule has 0 amide bonds. The molecule has 0 heterocycles. The lowest BCUT2D eigenvalue weighted by Gasteiger charge is -2.24. The quantitative estimate of drug-likeness (QED) is 0.817. The highest BCUT2D eigenvalue weighted by Crippen LogP contribution is 2.31. The maximum atomic E-state index is 5.82. The highest BCUT2D eigenvalue weighted by Gasteiger charge is 2.28. The van der Waals surface area contributed by atoms with E-state index in [1.807, 2.05) is 0 Å². The number of hydrogen-bond donors (Lipinski definition) is 1. The van der Waals surface area contributed by atoms with Crippen LogP contribution in [0.3, 0.4) is 0 Å². The Morgan fingerprint density at radius 1 is 1.29 bits per heavy atom. The van der Waals surface area contributed by atoms with Crippen molar-refractivity contribution in [1.82, 2.24) is 0 Å². The molecule has 1 fully saturated rings. The molecule has 17 heavy (non-hydrogen) atoms. The van der Waals surface area contributed by atoms with Crippen molar-refractivity contribution in [3.8, 4) is 0 Å². The van der Waals surface area contributed by atoms with Gasteiger partial charge in [0.25, 0.3) is 0 Å². The molecule has 2 rings (SSSR count). The summed E-state index contributed by atoms with van der Waals surface area (Å²) < 4.78 is 0. The number of rotatable bonds is 6. The summed E-state index contributed by atoms with van der Waals surface area (Å²) in [5.41, 5.74) is 8.54. The van der Waals surface area contributed by atoms with Crippen molar-refractivity contribution < 1.29 is 0 Å². The predicted molar refractivity (Wildman–Crippen MR) is 74.5 cm³/mol. The minimum absolute atomic E-state index is 0.246. The van der Waals surface area contributed by atoms with Gasteiger partial charge in [-0.1, -0.05) is 19.1 Å². The maximum Gasteiger partial charge on any atom is 0.0368 e. The lowest BCUT2D eigenvalue weighted by Crippen LogP contribution is -2.26. The lowest BCUT2D eigenvalue weighted by molar-refractivity contribution is 0.736. The van der Waals surface area contributed by atoms with Gasteiger partial charge in [-0.2, -0.15) is 0 Å². The van der Waals surface area contributed by atoms with Crippen LogP contribution in [0.25, 0.3) is 0 Å². The summed E-state index contributed by atoms with van der Waals surface area (Å²) in [6, 6.07) is 10.0. The summed E-state index contributed by atoms with van der Waals surface area (Å²) in [6.07, 6.45) is 4.92. The topological polar surface area (TPSA) is 29.3 Å². The van der Waals surface area contributed by atoms with Crippen molar-refractivity contribution in [2.24, 2.45) is 5.73 Å². The fourth-order valence-corrected chi connectivity index (χ4v) is 2.34. The second kappa shape index (κ2) is 5.54. The van der Waals surface area contributed by atoms with E-state index in [1.54, 1.807) is 0 Å². The van der Waals surface area contributed by atoms with E-state index in [1.165, 1.54) is 37.1 Å². The van der Waals surface area contributed by atoms with E-state index in [0.29, 0.717) is 0 Å². The number of nitrogens with zero attached hydrogens (tertiary/aromatic N) is 1. The molecule has 0 aromatic heterocycles. The zero-order valence-electron chi connectivity index (χ0n) is 11.0. The second-order valence-electron chi connectivity index (χ2n) is 5.27. The smallest absolute Gasteiger partial charge is 0.0368 e. The molecule has 1 saturated carbocycles. The van der Waals surface area contributed by atoms with Crippen LogP contribution in [0.2, 0.25) is 0 Å². The Bertz CT molecular complexity index is 338. The molecule has 1 unspecified atom stereocenters. The van der Waals surface area contributed by atoms with Crippen LogP contribution < -0.4 is 10.6 Å². The van der Waals surface area contributed by atoms with E-state index in [4.69, 9.17) is 5.73 Å². The van der Waals surface area contributed by atoms with Gasteiger partial charge in [0.1, 0.15) is 0 Å². The molecule has 1 aromatic carbocycles. The summed E-state index contributed by atoms with van der Waals surface area (Å²) in [5, 5.41) is 0. The molecule has 2 heteroatoms. The number of nitrogens with two attached hydrogens (primary N) is 1. The van der Waals surface area contributed by atoms with Crippen molar-refractivity contribution in [2.75, 3.05) is 11.4 Å². The third kappa shape index (κ3) is 3.47. The molecule has 1 atom stereocenters. The van der Waals surface area contributed by atoms with Crippen molar-refractivity contribution in [1.29, 1.82) is 0 Å². The maximum absolute atomic E-state index is 5.82. The molecule has 2 nitrogen and oxygen atoms in total. The first-order chi connectivity index (χ1) is 8.20. The van der Waals surface area contributed by atoms with E-state index in [-0.39, 0.29) is 6.04 Å². The fraction of sp³-hybridized carbons (Fsp3) is 0.600. The van der Waals surface area contributed by atoms with E-state index >= 15 is 0 Å². The Morgan fingerprint density at radius 3 is 2.41 bits per heavy atom. The Hall–Kier alpha value is -1.02. The molecule has 2 N–H and O–H groups in total. The largest absolute Gasteiger partial charge is 0.369 e. The summed E-state index contributed by atoms with van der Waals surface area (Å²) in [4.78, 5) is 2.55. The number of benzene rings is 1. The molecule has 1 aromatic rings. The summed E-state index contributed by atoms with van der Waals surface area (Å²) >= 11 is 0. The Balaban J connectivity index is 2.04. The van der Waals surface area contributed by atoms with Crippen molar-refractivity contribution in [2.45, 2.75) is 51.6 Å². The van der Waals surface area contributed by atoms with Gasteiger partial charge in [-0.25, -0.2) is 0 Å². The van der Waals surface area contributed by atoms with Crippen LogP contribution >= 0.6 is 0 Å². The Morgan fingerprint density at radius 2 is 1.94 bits per heavy atom. The Labute approximate surface area is 105 Å². The van der Waals surface area contributed by atoms with Gasteiger partial charge in [-0.05, 0) is 50.3 Å². The van der Waals surface area contributed by atoms with Gasteiger partial charge in [0.15, 0.2) is 0 Å². The van der Waals surface area contributed by atoms with Gasteiger partial charge in [0, 0.05) is 24.3 Å². The first-order valence-corrected chi connectivity index (χ1v) is 6.82. The number of anilines is 1. The van der Waals surface area contributed by atoms with Crippen molar-refractivity contribution in [3.05, 3.63) is 29.8 Å². The molecule has 0 bridgehead atoms. The van der Waals surface area contributed by atoms with Crippen LogP contribution in [0, 0.1) is 0 Å². The molecular formula is C15H24N2. The first-order valence-electron chi connectivity index (χ1n) is 6.82. The van der Waals surface area contributed by atoms with Crippen LogP contribution in [0.5, 0.6) is 0 Å². The molecule has 0 spiro atoms. The monoisotopic (exact) mass is 232 g/mol. The SMILES string of the molecule is CCCN(c1ccc(CC(C)N)cc1)C1CC1. The van der Waals surface area contributed by atoms with Gasteiger partial charge in [-0.15, -0.1) is 0 Å². The lowest BCUT2D eigenvalue weighted by atomic mass is 10.1. The highest BCUT2D eigenvalue weighted by molar-refractivity contribution is 5.49. The molecule has 0 radical (unpaired) electrons. The van der Waals surface area contributed by atoms with Crippen LogP contribution in [-0.4, -0.2) is 18.6 Å². The molecule has 0 saturated heterocycles. The average molecular weight is 232 g/mol. The standard InChI is InChI=1S/C15H24N2/c1-3-10-17(15-8-9-15)14-6-4-13(5-7-14)11-12(2)16/h4-7,12,15H,3,8-11,16H2,1-2H3. The van der Waals surface area contributed by atoms with Gasteiger partial charge in [0.2, 0.25) is 0 Å². The third-order valence-corrected chi connectivity index (χ3v) is 3.28. The first kappa shape index (κ1) is 12.4. The molecular weight excluding hydrogens is 208 g/mol. The molecule has 1 aliphatic carbocycles. The Kier molecular flexibility index (Phi) is 4.06. The molecule has 0 aliphatic heterocycles. The molecule has 1 aliphatic rings. The minimum atomic E-state index is 0.246. The van der Waals surface area contributed by atoms with Crippen LogP contribution in [0.15, 0.2) is 24.3 Å². The summed E-state index contributed by atoms with van der Waals surface area (Å²) in [7, 11) is 0. The van der Waals surface area contributed by atoms with Crippen molar-refractivity contribution in [3.63, 3.8) is 0 Å². The average Bonchev–Trinajstić information content (AvgIpc) is 3.10. The van der Waals surface area contributed by atoms with Gasteiger partial charge >= 0.3 is 0 Å². The third-order valence-electron chi connectivity index (χ3n) is 3.28. The summed E-state index contributed by atoms with van der Waals surface area (Å²) in [6.45, 7) is 5.48. The number of hydrogen-bond acceptors (Lipinski definition) is 2. The minimum Gasteiger partial charge on any atom is -0.369 e. The van der Waals surface area contributed by atoms with Crippen molar-refractivity contribution >= 4 is 5.69 Å². The second-order valence-corrected chi connectivity index (χ2v) is 5.27. The van der Waals surface area contributed by atoms with E-state index in [0.717, 1.165) is 12.5 Å². The van der Waals surface area contributed by atoms with Crippen LogP contribution in [-0.2, 0) is 6.42 Å². The zero-order chi connectivity index (χ0) is 12.3.